The number of ether oxygens (including phenoxy) is 3. The molecule has 2 heterocycles. The molecule has 0 amide bonds. The first kappa shape index (κ1) is 23.0. The van der Waals surface area contributed by atoms with Gasteiger partial charge in [-0.3, -0.25) is 5.32 Å². The topological polar surface area (TPSA) is 87.8 Å². The molecule has 1 fully saturated rings. The highest BCUT2D eigenvalue weighted by Gasteiger charge is 2.37. The van der Waals surface area contributed by atoms with Crippen LogP contribution in [0.25, 0.3) is 10.9 Å². The number of benzene rings is 2. The summed E-state index contributed by atoms with van der Waals surface area (Å²) in [5.74, 6) is 2.58. The molecule has 182 valence electrons. The van der Waals surface area contributed by atoms with E-state index < -0.39 is 6.23 Å². The van der Waals surface area contributed by atoms with Crippen molar-refractivity contribution in [3.63, 3.8) is 0 Å². The van der Waals surface area contributed by atoms with Gasteiger partial charge in [-0.25, -0.2) is 0 Å². The molecule has 1 unspecified atom stereocenters. The van der Waals surface area contributed by atoms with Gasteiger partial charge in [-0.15, -0.1) is 0 Å². The molecule has 7 nitrogen and oxygen atoms in total. The van der Waals surface area contributed by atoms with Crippen LogP contribution in [0.3, 0.4) is 0 Å². The van der Waals surface area contributed by atoms with Crippen LogP contribution in [-0.2, 0) is 13.0 Å². The Morgan fingerprint density at radius 2 is 1.74 bits per heavy atom. The minimum absolute atomic E-state index is 0.104. The monoisotopic (exact) mass is 465 g/mol. The summed E-state index contributed by atoms with van der Waals surface area (Å²) in [7, 11) is 4.87. The molecule has 7 heteroatoms. The number of fused-ring (bicyclic) bond motifs is 3. The van der Waals surface area contributed by atoms with E-state index in [1.807, 2.05) is 12.1 Å². The van der Waals surface area contributed by atoms with Crippen molar-refractivity contribution in [1.82, 2.24) is 15.6 Å². The molecule has 4 N–H and O–H groups in total. The normalized spacial score (nSPS) is 21.4. The lowest BCUT2D eigenvalue weighted by Gasteiger charge is -2.37. The van der Waals surface area contributed by atoms with Crippen LogP contribution in [-0.4, -0.2) is 43.7 Å². The fraction of sp³-hybridized carbons (Fsp3) is 0.481. The summed E-state index contributed by atoms with van der Waals surface area (Å²) in [6.45, 7) is 0.407. The smallest absolute Gasteiger partial charge is 0.130 e. The second-order valence-corrected chi connectivity index (χ2v) is 9.40. The molecule has 0 saturated heterocycles. The molecule has 1 aliphatic heterocycles. The van der Waals surface area contributed by atoms with Crippen LogP contribution in [0.1, 0.15) is 48.5 Å². The largest absolute Gasteiger partial charge is 0.496 e. The number of aromatic nitrogens is 1. The number of rotatable bonds is 8. The highest BCUT2D eigenvalue weighted by Crippen LogP contribution is 2.42. The Morgan fingerprint density at radius 1 is 1.03 bits per heavy atom. The summed E-state index contributed by atoms with van der Waals surface area (Å²) >= 11 is 0. The van der Waals surface area contributed by atoms with E-state index in [-0.39, 0.29) is 12.1 Å². The number of hydrogen-bond donors (Lipinski definition) is 4. The highest BCUT2D eigenvalue weighted by molar-refractivity contribution is 5.85. The molecule has 3 aromatic rings. The van der Waals surface area contributed by atoms with Gasteiger partial charge in [-0.05, 0) is 36.8 Å². The summed E-state index contributed by atoms with van der Waals surface area (Å²) in [5.41, 5.74) is 4.65. The number of H-pyrrole nitrogens is 1. The van der Waals surface area contributed by atoms with Crippen molar-refractivity contribution < 1.29 is 19.3 Å². The standard InChI is InChI=1S/C27H35N3O4/c1-32-17-12-23(33-2)20(24(13-17)34-3)15-28-27(31)22-14-19-18-10-6-7-11-21(18)29-26(19)25(30-22)16-8-4-5-9-16/h6-7,10-13,16,22,25,27-31H,4-5,8-9,14-15H2,1-3H3/t22-,25+,27?/m1/s1. The van der Waals surface area contributed by atoms with Gasteiger partial charge in [0.15, 0.2) is 0 Å². The fourth-order valence-corrected chi connectivity index (χ4v) is 5.77. The molecule has 3 atom stereocenters. The fourth-order valence-electron chi connectivity index (χ4n) is 5.77. The van der Waals surface area contributed by atoms with Gasteiger partial charge in [0.1, 0.15) is 23.5 Å². The zero-order chi connectivity index (χ0) is 23.7. The molecule has 2 aliphatic rings. The van der Waals surface area contributed by atoms with Crippen molar-refractivity contribution in [1.29, 1.82) is 0 Å². The third-order valence-corrected chi connectivity index (χ3v) is 7.53. The molecule has 5 rings (SSSR count). The quantitative estimate of drug-likeness (QED) is 0.376. The van der Waals surface area contributed by atoms with Gasteiger partial charge in [-0.1, -0.05) is 31.0 Å². The Morgan fingerprint density at radius 3 is 2.41 bits per heavy atom. The molecular formula is C27H35N3O4. The SMILES string of the molecule is COc1cc(OC)c(CNC(O)[C@H]2Cc3c([nH]c4ccccc34)[C@H](C3CCCC3)N2)c(OC)c1. The molecule has 1 saturated carbocycles. The van der Waals surface area contributed by atoms with E-state index in [1.165, 1.54) is 47.8 Å². The lowest BCUT2D eigenvalue weighted by molar-refractivity contribution is 0.0758. The van der Waals surface area contributed by atoms with Gasteiger partial charge >= 0.3 is 0 Å². The lowest BCUT2D eigenvalue weighted by Crippen LogP contribution is -2.53. The summed E-state index contributed by atoms with van der Waals surface area (Å²) in [6, 6.07) is 12.3. The number of methoxy groups -OCH3 is 3. The second-order valence-electron chi connectivity index (χ2n) is 9.40. The van der Waals surface area contributed by atoms with Crippen molar-refractivity contribution in [2.45, 2.75) is 57.0 Å². The molecule has 2 aromatic carbocycles. The maximum atomic E-state index is 11.3. The van der Waals surface area contributed by atoms with Crippen molar-refractivity contribution in [2.75, 3.05) is 21.3 Å². The lowest BCUT2D eigenvalue weighted by atomic mass is 9.86. The van der Waals surface area contributed by atoms with E-state index in [0.717, 1.165) is 12.0 Å². The number of para-hydroxylation sites is 1. The number of aromatic amines is 1. The van der Waals surface area contributed by atoms with Gasteiger partial charge in [0.2, 0.25) is 0 Å². The second kappa shape index (κ2) is 9.86. The van der Waals surface area contributed by atoms with Crippen molar-refractivity contribution in [3.05, 3.63) is 53.2 Å². The average Bonchev–Trinajstić information content (AvgIpc) is 3.54. The van der Waals surface area contributed by atoms with Crippen molar-refractivity contribution >= 4 is 10.9 Å². The Labute approximate surface area is 200 Å². The number of hydrogen-bond acceptors (Lipinski definition) is 6. The van der Waals surface area contributed by atoms with Crippen LogP contribution >= 0.6 is 0 Å². The molecule has 1 aromatic heterocycles. The first-order chi connectivity index (χ1) is 16.6. The van der Waals surface area contributed by atoms with Crippen LogP contribution in [0.4, 0.5) is 0 Å². The molecule has 1 aliphatic carbocycles. The van der Waals surface area contributed by atoms with Gasteiger partial charge < -0.3 is 29.6 Å². The van der Waals surface area contributed by atoms with Gasteiger partial charge in [0.05, 0.1) is 39.0 Å². The molecule has 0 spiro atoms. The summed E-state index contributed by atoms with van der Waals surface area (Å²) < 4.78 is 16.5. The molecule has 34 heavy (non-hydrogen) atoms. The Balaban J connectivity index is 1.39. The molecule has 0 bridgehead atoms. The first-order valence-corrected chi connectivity index (χ1v) is 12.2. The van der Waals surface area contributed by atoms with Crippen LogP contribution in [0.5, 0.6) is 17.2 Å². The molecule has 0 radical (unpaired) electrons. The summed E-state index contributed by atoms with van der Waals surface area (Å²) in [4.78, 5) is 3.69. The van der Waals surface area contributed by atoms with Gasteiger partial charge in [0, 0.05) is 35.3 Å². The predicted octanol–water partition coefficient (Wildman–Crippen LogP) is 4.05. The minimum atomic E-state index is -0.734. The Bertz CT molecular complexity index is 1110. The van der Waals surface area contributed by atoms with Crippen LogP contribution in [0.2, 0.25) is 0 Å². The van der Waals surface area contributed by atoms with Crippen molar-refractivity contribution in [3.8, 4) is 17.2 Å². The maximum Gasteiger partial charge on any atom is 0.130 e. The Hall–Kier alpha value is -2.74. The first-order valence-electron chi connectivity index (χ1n) is 12.2. The molecular weight excluding hydrogens is 430 g/mol. The van der Waals surface area contributed by atoms with E-state index >= 15 is 0 Å². The number of aliphatic hydroxyl groups excluding tert-OH is 1. The van der Waals surface area contributed by atoms with E-state index in [2.05, 4.69) is 39.9 Å². The third kappa shape index (κ3) is 4.24. The van der Waals surface area contributed by atoms with E-state index in [0.29, 0.717) is 29.7 Å². The summed E-state index contributed by atoms with van der Waals surface area (Å²) in [5, 5.41) is 19.6. The third-order valence-electron chi connectivity index (χ3n) is 7.53. The maximum absolute atomic E-state index is 11.3. The zero-order valence-electron chi connectivity index (χ0n) is 20.2. The van der Waals surface area contributed by atoms with E-state index in [9.17, 15) is 5.11 Å². The van der Waals surface area contributed by atoms with Gasteiger partial charge in [-0.2, -0.15) is 0 Å². The summed E-state index contributed by atoms with van der Waals surface area (Å²) in [6.07, 6.45) is 5.03. The van der Waals surface area contributed by atoms with E-state index in [4.69, 9.17) is 14.2 Å². The number of nitrogens with one attached hydrogen (secondary N) is 3. The zero-order valence-corrected chi connectivity index (χ0v) is 20.2. The number of aliphatic hydroxyl groups is 1. The van der Waals surface area contributed by atoms with Crippen LogP contribution in [0.15, 0.2) is 36.4 Å². The predicted molar refractivity (Wildman–Crippen MR) is 133 cm³/mol. The van der Waals surface area contributed by atoms with Gasteiger partial charge in [0.25, 0.3) is 0 Å². The van der Waals surface area contributed by atoms with Crippen LogP contribution in [0, 0.1) is 5.92 Å². The van der Waals surface area contributed by atoms with E-state index in [1.54, 1.807) is 21.3 Å². The minimum Gasteiger partial charge on any atom is -0.496 e. The average molecular weight is 466 g/mol. The Kier molecular flexibility index (Phi) is 6.68. The van der Waals surface area contributed by atoms with Crippen molar-refractivity contribution in [2.24, 2.45) is 5.92 Å². The van der Waals surface area contributed by atoms with Crippen LogP contribution < -0.4 is 24.8 Å². The highest BCUT2D eigenvalue weighted by atomic mass is 16.5.